The van der Waals surface area contributed by atoms with Crippen LogP contribution in [-0.2, 0) is 4.74 Å². The molecule has 0 aliphatic carbocycles. The van der Waals surface area contributed by atoms with Crippen molar-refractivity contribution in [1.82, 2.24) is 0 Å². The zero-order valence-electron chi connectivity index (χ0n) is 6.53. The minimum Gasteiger partial charge on any atom is -0.376 e. The van der Waals surface area contributed by atoms with Gasteiger partial charge >= 0.3 is 0 Å². The number of ether oxygens (including phenoxy) is 1. The maximum Gasteiger partial charge on any atom is 0.0775 e. The van der Waals surface area contributed by atoms with Crippen molar-refractivity contribution in [1.29, 1.82) is 0 Å². The van der Waals surface area contributed by atoms with Crippen molar-refractivity contribution in [2.45, 2.75) is 26.2 Å². The SMILES string of the molecule is C=C(Br)COCCCCC. The van der Waals surface area contributed by atoms with Crippen LogP contribution in [0.5, 0.6) is 0 Å². The molecule has 0 aromatic carbocycles. The molecule has 0 radical (unpaired) electrons. The summed E-state index contributed by atoms with van der Waals surface area (Å²) in [4.78, 5) is 0. The molecule has 2 heteroatoms. The Morgan fingerprint density at radius 1 is 1.50 bits per heavy atom. The van der Waals surface area contributed by atoms with E-state index in [1.165, 1.54) is 12.8 Å². The van der Waals surface area contributed by atoms with E-state index in [9.17, 15) is 0 Å². The third-order valence-electron chi connectivity index (χ3n) is 1.15. The summed E-state index contributed by atoms with van der Waals surface area (Å²) < 4.78 is 6.17. The van der Waals surface area contributed by atoms with Crippen LogP contribution in [0.15, 0.2) is 11.1 Å². The number of halogens is 1. The summed E-state index contributed by atoms with van der Waals surface area (Å²) in [5, 5.41) is 0. The van der Waals surface area contributed by atoms with Gasteiger partial charge in [0.25, 0.3) is 0 Å². The quantitative estimate of drug-likeness (QED) is 0.608. The molecule has 0 fully saturated rings. The van der Waals surface area contributed by atoms with Gasteiger partial charge in [0, 0.05) is 11.1 Å². The molecule has 0 aromatic heterocycles. The van der Waals surface area contributed by atoms with Crippen molar-refractivity contribution in [3.63, 3.8) is 0 Å². The molecule has 0 unspecified atom stereocenters. The molecular formula is C8H15BrO. The summed E-state index contributed by atoms with van der Waals surface area (Å²) in [6.45, 7) is 7.35. The lowest BCUT2D eigenvalue weighted by Gasteiger charge is -2.00. The van der Waals surface area contributed by atoms with Crippen LogP contribution in [-0.4, -0.2) is 13.2 Å². The molecule has 0 aliphatic rings. The highest BCUT2D eigenvalue weighted by atomic mass is 79.9. The lowest BCUT2D eigenvalue weighted by molar-refractivity contribution is 0.156. The fourth-order valence-corrected chi connectivity index (χ4v) is 0.799. The van der Waals surface area contributed by atoms with Crippen LogP contribution in [0.4, 0.5) is 0 Å². The Labute approximate surface area is 71.6 Å². The molecule has 0 bridgehead atoms. The zero-order chi connectivity index (χ0) is 7.82. The van der Waals surface area contributed by atoms with Gasteiger partial charge in [0.05, 0.1) is 6.61 Å². The first-order valence-electron chi connectivity index (χ1n) is 3.68. The van der Waals surface area contributed by atoms with Crippen LogP contribution >= 0.6 is 15.9 Å². The molecule has 0 amide bonds. The summed E-state index contributed by atoms with van der Waals surface area (Å²) >= 11 is 3.22. The van der Waals surface area contributed by atoms with Crippen molar-refractivity contribution in [2.24, 2.45) is 0 Å². The summed E-state index contributed by atoms with van der Waals surface area (Å²) in [5.74, 6) is 0. The van der Waals surface area contributed by atoms with E-state index >= 15 is 0 Å². The van der Waals surface area contributed by atoms with Gasteiger partial charge in [-0.25, -0.2) is 0 Å². The molecule has 0 saturated carbocycles. The van der Waals surface area contributed by atoms with Gasteiger partial charge in [-0.05, 0) is 6.42 Å². The molecule has 0 rings (SSSR count). The Bertz CT molecular complexity index is 91.3. The lowest BCUT2D eigenvalue weighted by Crippen LogP contribution is -1.95. The van der Waals surface area contributed by atoms with Crippen LogP contribution in [0.1, 0.15) is 26.2 Å². The van der Waals surface area contributed by atoms with Crippen LogP contribution in [0.25, 0.3) is 0 Å². The molecule has 0 N–H and O–H groups in total. The summed E-state index contributed by atoms with van der Waals surface area (Å²) in [6.07, 6.45) is 3.67. The molecule has 0 spiro atoms. The van der Waals surface area contributed by atoms with Crippen LogP contribution < -0.4 is 0 Å². The van der Waals surface area contributed by atoms with Crippen LogP contribution in [0.2, 0.25) is 0 Å². The summed E-state index contributed by atoms with van der Waals surface area (Å²) in [5.41, 5.74) is 0. The van der Waals surface area contributed by atoms with E-state index in [1.54, 1.807) is 0 Å². The fraction of sp³-hybridized carbons (Fsp3) is 0.750. The molecule has 60 valence electrons. The van der Waals surface area contributed by atoms with Gasteiger partial charge in [-0.1, -0.05) is 42.3 Å². The number of rotatable bonds is 6. The van der Waals surface area contributed by atoms with Gasteiger partial charge in [-0.3, -0.25) is 0 Å². The van der Waals surface area contributed by atoms with Gasteiger partial charge in [0.1, 0.15) is 0 Å². The third-order valence-corrected chi connectivity index (χ3v) is 1.38. The summed E-state index contributed by atoms with van der Waals surface area (Å²) in [6, 6.07) is 0. The first kappa shape index (κ1) is 10.2. The maximum absolute atomic E-state index is 5.25. The van der Waals surface area contributed by atoms with Gasteiger partial charge < -0.3 is 4.74 Å². The number of unbranched alkanes of at least 4 members (excludes halogenated alkanes) is 2. The largest absolute Gasteiger partial charge is 0.376 e. The number of hydrogen-bond donors (Lipinski definition) is 0. The molecule has 0 saturated heterocycles. The third kappa shape index (κ3) is 8.18. The Kier molecular flexibility index (Phi) is 7.42. The lowest BCUT2D eigenvalue weighted by atomic mass is 10.3. The summed E-state index contributed by atoms with van der Waals surface area (Å²) in [7, 11) is 0. The maximum atomic E-state index is 5.25. The van der Waals surface area contributed by atoms with E-state index in [0.29, 0.717) is 6.61 Å². The normalized spacial score (nSPS) is 9.80. The monoisotopic (exact) mass is 206 g/mol. The van der Waals surface area contributed by atoms with Crippen molar-refractivity contribution < 1.29 is 4.74 Å². The van der Waals surface area contributed by atoms with Crippen molar-refractivity contribution in [2.75, 3.05) is 13.2 Å². The van der Waals surface area contributed by atoms with Gasteiger partial charge in [-0.15, -0.1) is 0 Å². The van der Waals surface area contributed by atoms with E-state index in [2.05, 4.69) is 29.4 Å². The van der Waals surface area contributed by atoms with Crippen LogP contribution in [0.3, 0.4) is 0 Å². The number of hydrogen-bond acceptors (Lipinski definition) is 1. The van der Waals surface area contributed by atoms with E-state index in [0.717, 1.165) is 17.5 Å². The highest BCUT2D eigenvalue weighted by Gasteiger charge is 1.88. The highest BCUT2D eigenvalue weighted by molar-refractivity contribution is 9.11. The molecule has 0 aromatic rings. The first-order valence-corrected chi connectivity index (χ1v) is 4.47. The van der Waals surface area contributed by atoms with Crippen molar-refractivity contribution >= 4 is 15.9 Å². The smallest absolute Gasteiger partial charge is 0.0775 e. The van der Waals surface area contributed by atoms with Crippen molar-refractivity contribution in [3.8, 4) is 0 Å². The highest BCUT2D eigenvalue weighted by Crippen LogP contribution is 2.01. The molecule has 0 heterocycles. The topological polar surface area (TPSA) is 9.23 Å². The average Bonchev–Trinajstić information content (AvgIpc) is 1.87. The second-order valence-corrected chi connectivity index (χ2v) is 3.40. The minimum atomic E-state index is 0.643. The van der Waals surface area contributed by atoms with E-state index in [4.69, 9.17) is 4.74 Å². The second kappa shape index (κ2) is 7.29. The average molecular weight is 207 g/mol. The van der Waals surface area contributed by atoms with Crippen LogP contribution in [0, 0.1) is 0 Å². The predicted octanol–water partition coefficient (Wildman–Crippen LogP) is 3.10. The van der Waals surface area contributed by atoms with E-state index < -0.39 is 0 Å². The van der Waals surface area contributed by atoms with E-state index in [1.807, 2.05) is 0 Å². The Hall–Kier alpha value is 0.180. The standard InChI is InChI=1S/C8H15BrO/c1-3-4-5-6-10-7-8(2)9/h2-7H2,1H3. The van der Waals surface area contributed by atoms with Crippen molar-refractivity contribution in [3.05, 3.63) is 11.1 Å². The fourth-order valence-electron chi connectivity index (χ4n) is 0.637. The second-order valence-electron chi connectivity index (χ2n) is 2.28. The van der Waals surface area contributed by atoms with Gasteiger partial charge in [-0.2, -0.15) is 0 Å². The molecule has 0 aliphatic heterocycles. The molecule has 0 atom stereocenters. The Balaban J connectivity index is 2.84. The van der Waals surface area contributed by atoms with Gasteiger partial charge in [0.2, 0.25) is 0 Å². The van der Waals surface area contributed by atoms with Gasteiger partial charge in [0.15, 0.2) is 0 Å². The Morgan fingerprint density at radius 2 is 2.20 bits per heavy atom. The minimum absolute atomic E-state index is 0.643. The predicted molar refractivity (Wildman–Crippen MR) is 48.4 cm³/mol. The molecule has 10 heavy (non-hydrogen) atoms. The molecule has 1 nitrogen and oxygen atoms in total. The Morgan fingerprint density at radius 3 is 2.70 bits per heavy atom. The van der Waals surface area contributed by atoms with E-state index in [-0.39, 0.29) is 0 Å². The zero-order valence-corrected chi connectivity index (χ0v) is 8.11. The molecular weight excluding hydrogens is 192 g/mol. The first-order chi connectivity index (χ1) is 4.77.